The van der Waals surface area contributed by atoms with E-state index in [0.717, 1.165) is 38.5 Å². The SMILES string of the molecule is CC/C=C\C/C=C\C/C=C\CCCCCOC=O. The average Bonchev–Trinajstić information content (AvgIpc) is 2.39. The molecule has 0 rings (SSSR count). The van der Waals surface area contributed by atoms with Gasteiger partial charge in [-0.05, 0) is 44.9 Å². The first kappa shape index (κ1) is 16.7. The van der Waals surface area contributed by atoms with Crippen molar-refractivity contribution in [2.75, 3.05) is 6.61 Å². The van der Waals surface area contributed by atoms with Gasteiger partial charge in [-0.3, -0.25) is 4.79 Å². The van der Waals surface area contributed by atoms with Gasteiger partial charge in [0, 0.05) is 0 Å². The summed E-state index contributed by atoms with van der Waals surface area (Å²) in [6, 6.07) is 0. The van der Waals surface area contributed by atoms with Crippen molar-refractivity contribution in [3.05, 3.63) is 36.5 Å². The zero-order valence-corrected chi connectivity index (χ0v) is 11.5. The molecule has 0 spiro atoms. The second-order valence-corrected chi connectivity index (χ2v) is 4.11. The molecule has 2 heteroatoms. The van der Waals surface area contributed by atoms with Gasteiger partial charge >= 0.3 is 0 Å². The lowest BCUT2D eigenvalue weighted by atomic mass is 10.2. The van der Waals surface area contributed by atoms with Crippen LogP contribution in [0.25, 0.3) is 0 Å². The Morgan fingerprint density at radius 3 is 2.17 bits per heavy atom. The fourth-order valence-electron chi connectivity index (χ4n) is 1.50. The highest BCUT2D eigenvalue weighted by Gasteiger charge is 1.87. The van der Waals surface area contributed by atoms with Crippen LogP contribution in [0.4, 0.5) is 0 Å². The average molecular weight is 250 g/mol. The van der Waals surface area contributed by atoms with Crippen LogP contribution in [0.5, 0.6) is 0 Å². The maximum absolute atomic E-state index is 9.88. The van der Waals surface area contributed by atoms with Crippen molar-refractivity contribution < 1.29 is 9.53 Å². The maximum atomic E-state index is 9.88. The summed E-state index contributed by atoms with van der Waals surface area (Å²) in [5.41, 5.74) is 0. The zero-order chi connectivity index (χ0) is 13.3. The number of allylic oxidation sites excluding steroid dienone is 6. The van der Waals surface area contributed by atoms with Gasteiger partial charge in [-0.15, -0.1) is 0 Å². The molecule has 0 fully saturated rings. The highest BCUT2D eigenvalue weighted by atomic mass is 16.5. The number of hydrogen-bond acceptors (Lipinski definition) is 2. The quantitative estimate of drug-likeness (QED) is 0.288. The van der Waals surface area contributed by atoms with Crippen molar-refractivity contribution in [2.45, 2.75) is 51.9 Å². The van der Waals surface area contributed by atoms with Gasteiger partial charge in [0.2, 0.25) is 0 Å². The van der Waals surface area contributed by atoms with Crippen LogP contribution in [0.3, 0.4) is 0 Å². The van der Waals surface area contributed by atoms with Gasteiger partial charge in [0.1, 0.15) is 0 Å². The lowest BCUT2D eigenvalue weighted by Gasteiger charge is -1.97. The van der Waals surface area contributed by atoms with Gasteiger partial charge < -0.3 is 4.74 Å². The molecule has 0 aliphatic heterocycles. The summed E-state index contributed by atoms with van der Waals surface area (Å²) in [6.07, 6.45) is 20.8. The predicted molar refractivity (Wildman–Crippen MR) is 77.4 cm³/mol. The number of carbonyl (C=O) groups excluding carboxylic acids is 1. The molecule has 0 amide bonds. The summed E-state index contributed by atoms with van der Waals surface area (Å²) in [5.74, 6) is 0. The van der Waals surface area contributed by atoms with Crippen LogP contribution in [0.1, 0.15) is 51.9 Å². The molecule has 0 aromatic heterocycles. The number of hydrogen-bond donors (Lipinski definition) is 0. The molecule has 0 aliphatic carbocycles. The molecule has 0 heterocycles. The Kier molecular flexibility index (Phi) is 14.5. The largest absolute Gasteiger partial charge is 0.468 e. The highest BCUT2D eigenvalue weighted by Crippen LogP contribution is 2.01. The maximum Gasteiger partial charge on any atom is 0.293 e. The van der Waals surface area contributed by atoms with E-state index in [4.69, 9.17) is 0 Å². The number of ether oxygens (including phenoxy) is 1. The van der Waals surface area contributed by atoms with E-state index in [0.29, 0.717) is 13.1 Å². The first-order chi connectivity index (χ1) is 8.91. The van der Waals surface area contributed by atoms with Crippen LogP contribution in [-0.2, 0) is 9.53 Å². The van der Waals surface area contributed by atoms with Crippen LogP contribution >= 0.6 is 0 Å². The summed E-state index contributed by atoms with van der Waals surface area (Å²) < 4.78 is 4.62. The van der Waals surface area contributed by atoms with Gasteiger partial charge in [0.25, 0.3) is 6.47 Å². The van der Waals surface area contributed by atoms with Crippen molar-refractivity contribution in [3.8, 4) is 0 Å². The molecule has 0 saturated carbocycles. The second-order valence-electron chi connectivity index (χ2n) is 4.11. The van der Waals surface area contributed by atoms with Crippen LogP contribution in [0.15, 0.2) is 36.5 Å². The minimum atomic E-state index is 0.516. The highest BCUT2D eigenvalue weighted by molar-refractivity contribution is 5.36. The summed E-state index contributed by atoms with van der Waals surface area (Å²) >= 11 is 0. The van der Waals surface area contributed by atoms with Crippen molar-refractivity contribution in [2.24, 2.45) is 0 Å². The Morgan fingerprint density at radius 1 is 0.833 bits per heavy atom. The molecule has 0 atom stereocenters. The molecular formula is C16H26O2. The van der Waals surface area contributed by atoms with Gasteiger partial charge in [0.15, 0.2) is 0 Å². The smallest absolute Gasteiger partial charge is 0.293 e. The topological polar surface area (TPSA) is 26.3 Å². The van der Waals surface area contributed by atoms with Crippen LogP contribution in [-0.4, -0.2) is 13.1 Å². The molecule has 2 nitrogen and oxygen atoms in total. The fourth-order valence-corrected chi connectivity index (χ4v) is 1.50. The lowest BCUT2D eigenvalue weighted by Crippen LogP contribution is -1.90. The first-order valence-corrected chi connectivity index (χ1v) is 6.92. The molecule has 0 aromatic rings. The monoisotopic (exact) mass is 250 g/mol. The van der Waals surface area contributed by atoms with Crippen LogP contribution < -0.4 is 0 Å². The summed E-state index contributed by atoms with van der Waals surface area (Å²) in [4.78, 5) is 9.88. The predicted octanol–water partition coefficient (Wildman–Crippen LogP) is 4.58. The van der Waals surface area contributed by atoms with Crippen molar-refractivity contribution in [1.29, 1.82) is 0 Å². The Labute approximate surface area is 111 Å². The standard InChI is InChI=1S/C16H26O2/c1-2-3-4-5-6-7-8-9-10-11-12-13-14-15-18-16-17/h3-4,6-7,9-10,16H,2,5,8,11-15H2,1H3/b4-3-,7-6-,10-9-. The Morgan fingerprint density at radius 2 is 1.50 bits per heavy atom. The zero-order valence-electron chi connectivity index (χ0n) is 11.5. The normalized spacial score (nSPS) is 11.8. The molecule has 102 valence electrons. The third-order valence-electron chi connectivity index (χ3n) is 2.48. The number of unbranched alkanes of at least 4 members (excludes halogenated alkanes) is 3. The van der Waals surface area contributed by atoms with E-state index in [1.54, 1.807) is 0 Å². The third kappa shape index (κ3) is 14.7. The minimum absolute atomic E-state index is 0.516. The summed E-state index contributed by atoms with van der Waals surface area (Å²) in [5, 5.41) is 0. The Bertz CT molecular complexity index is 252. The number of carbonyl (C=O) groups is 1. The summed E-state index contributed by atoms with van der Waals surface area (Å²) in [6.45, 7) is 3.22. The van der Waals surface area contributed by atoms with Crippen LogP contribution in [0.2, 0.25) is 0 Å². The Balaban J connectivity index is 3.22. The van der Waals surface area contributed by atoms with Gasteiger partial charge in [-0.2, -0.15) is 0 Å². The first-order valence-electron chi connectivity index (χ1n) is 6.92. The molecular weight excluding hydrogens is 224 g/mol. The van der Waals surface area contributed by atoms with E-state index in [-0.39, 0.29) is 0 Å². The van der Waals surface area contributed by atoms with E-state index in [1.165, 1.54) is 6.42 Å². The minimum Gasteiger partial charge on any atom is -0.468 e. The lowest BCUT2D eigenvalue weighted by molar-refractivity contribution is -0.128. The van der Waals surface area contributed by atoms with Crippen molar-refractivity contribution in [3.63, 3.8) is 0 Å². The van der Waals surface area contributed by atoms with E-state index in [2.05, 4.69) is 48.1 Å². The van der Waals surface area contributed by atoms with Crippen molar-refractivity contribution >= 4 is 6.47 Å². The van der Waals surface area contributed by atoms with Crippen LogP contribution in [0, 0.1) is 0 Å². The third-order valence-corrected chi connectivity index (χ3v) is 2.48. The van der Waals surface area contributed by atoms with E-state index in [9.17, 15) is 4.79 Å². The van der Waals surface area contributed by atoms with E-state index < -0.39 is 0 Å². The molecule has 0 aromatic carbocycles. The molecule has 0 aliphatic rings. The molecule has 0 unspecified atom stereocenters. The molecule has 0 saturated heterocycles. The van der Waals surface area contributed by atoms with Crippen molar-refractivity contribution in [1.82, 2.24) is 0 Å². The molecule has 0 N–H and O–H groups in total. The molecule has 18 heavy (non-hydrogen) atoms. The second kappa shape index (κ2) is 15.7. The van der Waals surface area contributed by atoms with Gasteiger partial charge in [-0.1, -0.05) is 43.4 Å². The van der Waals surface area contributed by atoms with E-state index >= 15 is 0 Å². The number of rotatable bonds is 12. The molecule has 0 bridgehead atoms. The van der Waals surface area contributed by atoms with E-state index in [1.807, 2.05) is 0 Å². The molecule has 0 radical (unpaired) electrons. The van der Waals surface area contributed by atoms with Gasteiger partial charge in [0.05, 0.1) is 6.61 Å². The van der Waals surface area contributed by atoms with Gasteiger partial charge in [-0.25, -0.2) is 0 Å². The summed E-state index contributed by atoms with van der Waals surface area (Å²) in [7, 11) is 0. The Hall–Kier alpha value is -1.31. The fraction of sp³-hybridized carbons (Fsp3) is 0.562.